The number of ether oxygens (including phenoxy) is 3. The summed E-state index contributed by atoms with van der Waals surface area (Å²) in [4.78, 5) is 37.4. The lowest BCUT2D eigenvalue weighted by Gasteiger charge is -2.37. The van der Waals surface area contributed by atoms with Crippen molar-refractivity contribution < 1.29 is 28.6 Å². The highest BCUT2D eigenvalue weighted by Gasteiger charge is 2.39. The molecule has 0 aromatic heterocycles. The monoisotopic (exact) mass is 662 g/mol. The van der Waals surface area contributed by atoms with Gasteiger partial charge in [-0.05, 0) is 114 Å². The summed E-state index contributed by atoms with van der Waals surface area (Å²) >= 11 is 2.27. The molecule has 0 N–H and O–H groups in total. The van der Waals surface area contributed by atoms with Crippen molar-refractivity contribution in [2.75, 3.05) is 19.8 Å². The molecule has 0 bridgehead atoms. The molecule has 0 saturated heterocycles. The summed E-state index contributed by atoms with van der Waals surface area (Å²) in [6, 6.07) is 30.3. The van der Waals surface area contributed by atoms with Crippen LogP contribution in [0.1, 0.15) is 74.1 Å². The molecule has 0 saturated carbocycles. The summed E-state index contributed by atoms with van der Waals surface area (Å²) < 4.78 is 16.7. The Morgan fingerprint density at radius 3 is 0.976 bits per heavy atom. The van der Waals surface area contributed by atoms with E-state index in [2.05, 4.69) is 34.7 Å². The maximum atomic E-state index is 12.5. The molecule has 41 heavy (non-hydrogen) atoms. The fourth-order valence-corrected chi connectivity index (χ4v) is 5.27. The normalized spacial score (nSPS) is 11.0. The summed E-state index contributed by atoms with van der Waals surface area (Å²) in [5, 5.41) is 0. The molecule has 4 aromatic rings. The van der Waals surface area contributed by atoms with Gasteiger partial charge in [0.15, 0.2) is 0 Å². The zero-order chi connectivity index (χ0) is 29.4. The molecule has 4 rings (SSSR count). The SMILES string of the molecule is CCOC(=O)c1ccc(C(c2ccc(I)cc2)(c2ccc(C(=O)OCC)cc2)c2ccc(C(=O)OCC)cc2)cc1. The second kappa shape index (κ2) is 13.6. The smallest absolute Gasteiger partial charge is 0.338 e. The highest BCUT2D eigenvalue weighted by Crippen LogP contribution is 2.45. The van der Waals surface area contributed by atoms with E-state index in [9.17, 15) is 14.4 Å². The van der Waals surface area contributed by atoms with Crippen molar-refractivity contribution in [1.82, 2.24) is 0 Å². The molecule has 0 atom stereocenters. The van der Waals surface area contributed by atoms with E-state index in [0.717, 1.165) is 25.8 Å². The van der Waals surface area contributed by atoms with Crippen LogP contribution in [0.25, 0.3) is 0 Å². The van der Waals surface area contributed by atoms with Gasteiger partial charge in [0.2, 0.25) is 0 Å². The molecule has 6 nitrogen and oxygen atoms in total. The van der Waals surface area contributed by atoms with Crippen LogP contribution in [0.3, 0.4) is 0 Å². The second-order valence-electron chi connectivity index (χ2n) is 9.15. The lowest BCUT2D eigenvalue weighted by Crippen LogP contribution is -2.31. The molecule has 0 aliphatic rings. The van der Waals surface area contributed by atoms with Crippen LogP contribution in [0, 0.1) is 3.57 Å². The number of hydrogen-bond acceptors (Lipinski definition) is 6. The third-order valence-corrected chi connectivity index (χ3v) is 7.48. The van der Waals surface area contributed by atoms with Crippen LogP contribution in [-0.4, -0.2) is 37.7 Å². The van der Waals surface area contributed by atoms with Gasteiger partial charge in [-0.1, -0.05) is 48.5 Å². The van der Waals surface area contributed by atoms with E-state index in [4.69, 9.17) is 14.2 Å². The number of hydrogen-bond donors (Lipinski definition) is 0. The predicted molar refractivity (Wildman–Crippen MR) is 165 cm³/mol. The molecule has 4 aromatic carbocycles. The maximum Gasteiger partial charge on any atom is 0.338 e. The minimum Gasteiger partial charge on any atom is -0.462 e. The average Bonchev–Trinajstić information content (AvgIpc) is 3.00. The molecule has 0 aliphatic heterocycles. The molecule has 7 heteroatoms. The second-order valence-corrected chi connectivity index (χ2v) is 10.4. The largest absolute Gasteiger partial charge is 0.462 e. The van der Waals surface area contributed by atoms with Gasteiger partial charge in [-0.3, -0.25) is 0 Å². The minimum atomic E-state index is -0.863. The number of carbonyl (C=O) groups is 3. The van der Waals surface area contributed by atoms with Crippen molar-refractivity contribution >= 4 is 40.5 Å². The summed E-state index contributed by atoms with van der Waals surface area (Å²) in [7, 11) is 0. The van der Waals surface area contributed by atoms with Crippen LogP contribution < -0.4 is 0 Å². The Balaban J connectivity index is 1.99. The molecule has 210 valence electrons. The summed E-state index contributed by atoms with van der Waals surface area (Å²) in [5.41, 5.74) is 4.11. The summed E-state index contributed by atoms with van der Waals surface area (Å²) in [6.45, 7) is 6.17. The van der Waals surface area contributed by atoms with Crippen molar-refractivity contribution in [2.24, 2.45) is 0 Å². The van der Waals surface area contributed by atoms with Gasteiger partial charge in [-0.2, -0.15) is 0 Å². The zero-order valence-electron chi connectivity index (χ0n) is 23.2. The standard InChI is InChI=1S/C34H31IO6/c1-4-39-31(36)23-7-13-26(14-8-23)34(29-19-21-30(35)22-20-29,27-15-9-24(10-16-27)32(37)40-5-2)28-17-11-25(12-18-28)33(38)41-6-3/h7-22H,4-6H2,1-3H3. The first-order valence-electron chi connectivity index (χ1n) is 13.4. The molecule has 0 fully saturated rings. The molecule has 0 spiro atoms. The summed E-state index contributed by atoms with van der Waals surface area (Å²) in [6.07, 6.45) is 0. The van der Waals surface area contributed by atoms with Crippen LogP contribution in [0.15, 0.2) is 97.1 Å². The van der Waals surface area contributed by atoms with Gasteiger partial charge in [-0.25, -0.2) is 14.4 Å². The molecular formula is C34H31IO6. The Bertz CT molecular complexity index is 1340. The van der Waals surface area contributed by atoms with Crippen molar-refractivity contribution in [3.8, 4) is 0 Å². The number of benzene rings is 4. The average molecular weight is 663 g/mol. The van der Waals surface area contributed by atoms with E-state index >= 15 is 0 Å². The molecule has 0 radical (unpaired) electrons. The van der Waals surface area contributed by atoms with E-state index in [-0.39, 0.29) is 19.8 Å². The first-order valence-corrected chi connectivity index (χ1v) is 14.5. The van der Waals surface area contributed by atoms with Gasteiger partial charge < -0.3 is 14.2 Å². The lowest BCUT2D eigenvalue weighted by atomic mass is 9.65. The minimum absolute atomic E-state index is 0.285. The lowest BCUT2D eigenvalue weighted by molar-refractivity contribution is 0.0517. The maximum absolute atomic E-state index is 12.5. The Kier molecular flexibility index (Phi) is 9.94. The topological polar surface area (TPSA) is 78.9 Å². The van der Waals surface area contributed by atoms with Gasteiger partial charge in [0.05, 0.1) is 41.9 Å². The fourth-order valence-electron chi connectivity index (χ4n) is 4.91. The molecule has 0 amide bonds. The van der Waals surface area contributed by atoms with Gasteiger partial charge in [0.1, 0.15) is 0 Å². The highest BCUT2D eigenvalue weighted by atomic mass is 127. The Labute approximate surface area is 253 Å². The van der Waals surface area contributed by atoms with E-state index in [0.29, 0.717) is 16.7 Å². The Morgan fingerprint density at radius 2 is 0.732 bits per heavy atom. The van der Waals surface area contributed by atoms with Crippen molar-refractivity contribution in [3.05, 3.63) is 140 Å². The zero-order valence-corrected chi connectivity index (χ0v) is 25.3. The fraction of sp³-hybridized carbons (Fsp3) is 0.206. The number of rotatable bonds is 10. The van der Waals surface area contributed by atoms with Crippen molar-refractivity contribution in [1.29, 1.82) is 0 Å². The van der Waals surface area contributed by atoms with Gasteiger partial charge >= 0.3 is 17.9 Å². The van der Waals surface area contributed by atoms with Crippen LogP contribution in [0.4, 0.5) is 0 Å². The first kappa shape index (κ1) is 30.0. The molecule has 0 heterocycles. The van der Waals surface area contributed by atoms with Crippen LogP contribution >= 0.6 is 22.6 Å². The molecule has 0 unspecified atom stereocenters. The molecular weight excluding hydrogens is 631 g/mol. The number of esters is 3. The van der Waals surface area contributed by atoms with Crippen molar-refractivity contribution in [3.63, 3.8) is 0 Å². The highest BCUT2D eigenvalue weighted by molar-refractivity contribution is 14.1. The summed E-state index contributed by atoms with van der Waals surface area (Å²) in [5.74, 6) is -1.18. The van der Waals surface area contributed by atoms with Crippen LogP contribution in [0.5, 0.6) is 0 Å². The van der Waals surface area contributed by atoms with Crippen LogP contribution in [-0.2, 0) is 19.6 Å². The predicted octanol–water partition coefficient (Wildman–Crippen LogP) is 7.20. The van der Waals surface area contributed by atoms with Crippen molar-refractivity contribution in [2.45, 2.75) is 26.2 Å². The van der Waals surface area contributed by atoms with Gasteiger partial charge in [-0.15, -0.1) is 0 Å². The third kappa shape index (κ3) is 6.35. The third-order valence-electron chi connectivity index (χ3n) is 6.76. The number of halogens is 1. The molecule has 0 aliphatic carbocycles. The Morgan fingerprint density at radius 1 is 0.488 bits per heavy atom. The number of carbonyl (C=O) groups excluding carboxylic acids is 3. The van der Waals surface area contributed by atoms with Gasteiger partial charge in [0, 0.05) is 3.57 Å². The first-order chi connectivity index (χ1) is 19.8. The van der Waals surface area contributed by atoms with E-state index < -0.39 is 23.3 Å². The van der Waals surface area contributed by atoms with E-state index in [1.165, 1.54) is 0 Å². The Hall–Kier alpha value is -3.98. The quantitative estimate of drug-likeness (QED) is 0.0774. The van der Waals surface area contributed by atoms with Gasteiger partial charge in [0.25, 0.3) is 0 Å². The van der Waals surface area contributed by atoms with E-state index in [1.54, 1.807) is 57.2 Å². The van der Waals surface area contributed by atoms with Crippen LogP contribution in [0.2, 0.25) is 0 Å². The van der Waals surface area contributed by atoms with E-state index in [1.807, 2.05) is 48.5 Å².